The third kappa shape index (κ3) is 10.6. The second-order valence-electron chi connectivity index (χ2n) is 7.84. The molecule has 0 saturated heterocycles. The van der Waals surface area contributed by atoms with Crippen molar-refractivity contribution in [2.24, 2.45) is 0 Å². The molecule has 0 bridgehead atoms. The lowest BCUT2D eigenvalue weighted by molar-refractivity contribution is 0.0731. The number of carbonyl (C=O) groups excluding carboxylic acids is 1. The van der Waals surface area contributed by atoms with Crippen molar-refractivity contribution in [1.29, 1.82) is 0 Å². The Kier molecular flexibility index (Phi) is 14.5. The van der Waals surface area contributed by atoms with Crippen LogP contribution >= 0.6 is 0 Å². The Morgan fingerprint density at radius 3 is 1.98 bits per heavy atom. The lowest BCUT2D eigenvalue weighted by atomic mass is 10.0. The Balaban J connectivity index is 0.00000110. The number of phenolic OH excluding ortho intramolecular Hbond substituents is 3. The van der Waals surface area contributed by atoms with Gasteiger partial charge in [-0.1, -0.05) is 36.4 Å². The largest absolute Gasteiger partial charge is 0.508 e. The van der Waals surface area contributed by atoms with Gasteiger partial charge in [0.1, 0.15) is 40.2 Å². The first-order chi connectivity index (χ1) is 19.7. The molecule has 216 valence electrons. The summed E-state index contributed by atoms with van der Waals surface area (Å²) in [4.78, 5) is 12.7. The van der Waals surface area contributed by atoms with E-state index in [4.69, 9.17) is 4.74 Å². The van der Waals surface area contributed by atoms with Crippen molar-refractivity contribution < 1.29 is 42.4 Å². The fourth-order valence-electron chi connectivity index (χ4n) is 3.29. The van der Waals surface area contributed by atoms with E-state index in [1.807, 2.05) is 6.92 Å². The molecule has 4 rings (SSSR count). The number of halogens is 4. The number of benzene rings is 4. The zero-order valence-corrected chi connectivity index (χ0v) is 22.6. The molecular weight excluding hydrogens is 540 g/mol. The van der Waals surface area contributed by atoms with Crippen LogP contribution in [0.15, 0.2) is 91.5 Å². The first-order valence-corrected chi connectivity index (χ1v) is 11.8. The molecule has 0 aliphatic rings. The monoisotopic (exact) mass is 570 g/mol. The van der Waals surface area contributed by atoms with E-state index in [2.05, 4.69) is 6.58 Å². The summed E-state index contributed by atoms with van der Waals surface area (Å²) in [6.45, 7) is 5.25. The van der Waals surface area contributed by atoms with Crippen LogP contribution in [0.2, 0.25) is 0 Å². The summed E-state index contributed by atoms with van der Waals surface area (Å²) in [6.07, 6.45) is 5.17. The van der Waals surface area contributed by atoms with Crippen LogP contribution in [-0.4, -0.2) is 35.6 Å². The predicted octanol–water partition coefficient (Wildman–Crippen LogP) is 8.50. The number of alkyl halides is 2. The zero-order valence-electron chi connectivity index (χ0n) is 22.6. The van der Waals surface area contributed by atoms with Gasteiger partial charge in [0.2, 0.25) is 0 Å². The molecule has 5 nitrogen and oxygen atoms in total. The molecule has 0 saturated carbocycles. The van der Waals surface area contributed by atoms with Crippen LogP contribution in [0.25, 0.3) is 23.3 Å². The van der Waals surface area contributed by atoms with Gasteiger partial charge in [-0.2, -0.15) is 0 Å². The molecule has 0 radical (unpaired) electrons. The average molecular weight is 571 g/mol. The maximum atomic E-state index is 14.2. The molecule has 4 aromatic rings. The maximum Gasteiger partial charge on any atom is 0.347 e. The predicted molar refractivity (Wildman–Crippen MR) is 153 cm³/mol. The van der Waals surface area contributed by atoms with Crippen molar-refractivity contribution in [1.82, 2.24) is 0 Å². The SMILES string of the molecule is C=CC.CF.CF.O=C(Oc1cc(O)cc(/C=C/c2ccc(O)cc2)c1)c1cc(-c2ccc(F)cc2F)ccc1O. The second-order valence-corrected chi connectivity index (χ2v) is 7.84. The van der Waals surface area contributed by atoms with Crippen LogP contribution in [0, 0.1) is 11.6 Å². The Hall–Kier alpha value is -5.05. The van der Waals surface area contributed by atoms with Gasteiger partial charge in [-0.25, -0.2) is 13.6 Å². The summed E-state index contributed by atoms with van der Waals surface area (Å²) in [6, 6.07) is 17.6. The Labute approximate surface area is 235 Å². The van der Waals surface area contributed by atoms with Gasteiger partial charge in [0.15, 0.2) is 0 Å². The van der Waals surface area contributed by atoms with Crippen molar-refractivity contribution in [2.45, 2.75) is 6.92 Å². The van der Waals surface area contributed by atoms with Gasteiger partial charge in [-0.3, -0.25) is 8.78 Å². The third-order valence-electron chi connectivity index (χ3n) is 4.94. The Morgan fingerprint density at radius 1 is 0.756 bits per heavy atom. The molecule has 0 aliphatic carbocycles. The molecule has 9 heteroatoms. The number of phenols is 3. The van der Waals surface area contributed by atoms with Gasteiger partial charge in [-0.15, -0.1) is 6.58 Å². The number of hydrogen-bond donors (Lipinski definition) is 3. The smallest absolute Gasteiger partial charge is 0.347 e. The Morgan fingerprint density at radius 2 is 1.37 bits per heavy atom. The second kappa shape index (κ2) is 17.5. The molecule has 4 aromatic carbocycles. The molecule has 0 aliphatic heterocycles. The molecule has 0 amide bonds. The van der Waals surface area contributed by atoms with Crippen LogP contribution in [0.4, 0.5) is 17.6 Å². The molecule has 3 N–H and O–H groups in total. The molecule has 0 aromatic heterocycles. The van der Waals surface area contributed by atoms with E-state index in [1.165, 1.54) is 54.6 Å². The van der Waals surface area contributed by atoms with Crippen molar-refractivity contribution >= 4 is 18.1 Å². The normalized spacial score (nSPS) is 9.73. The lowest BCUT2D eigenvalue weighted by Gasteiger charge is -2.10. The summed E-state index contributed by atoms with van der Waals surface area (Å²) < 4.78 is 51.7. The van der Waals surface area contributed by atoms with Crippen LogP contribution < -0.4 is 4.74 Å². The van der Waals surface area contributed by atoms with E-state index < -0.39 is 17.6 Å². The summed E-state index contributed by atoms with van der Waals surface area (Å²) >= 11 is 0. The quantitative estimate of drug-likeness (QED) is 0.0736. The molecule has 0 heterocycles. The highest BCUT2D eigenvalue weighted by Gasteiger charge is 2.17. The number of carbonyl (C=O) groups is 1. The van der Waals surface area contributed by atoms with Gasteiger partial charge >= 0.3 is 5.97 Å². The number of hydrogen-bond acceptors (Lipinski definition) is 5. The number of esters is 1. The molecule has 41 heavy (non-hydrogen) atoms. The minimum absolute atomic E-state index is 0.0214. The van der Waals surface area contributed by atoms with Gasteiger partial charge in [0.25, 0.3) is 0 Å². The molecular formula is C32H30F4O5. The van der Waals surface area contributed by atoms with Crippen molar-refractivity contribution in [2.75, 3.05) is 14.4 Å². The number of rotatable bonds is 5. The first-order valence-electron chi connectivity index (χ1n) is 11.8. The standard InChI is InChI=1S/C27H18F2O5.C3H6.2CH3F/c28-19-6-9-23(25(29)14-19)18-5-10-26(32)24(13-18)27(33)34-22-12-17(11-21(31)15-22)2-1-16-3-7-20(30)8-4-16;1-3-2;2*1-2/h1-15,30-32H;3H,1H2,2H3;2*1H3/b2-1+;;;. The average Bonchev–Trinajstić information content (AvgIpc) is 2.95. The van der Waals surface area contributed by atoms with Crippen LogP contribution in [0.5, 0.6) is 23.0 Å². The molecule has 0 unspecified atom stereocenters. The highest BCUT2D eigenvalue weighted by molar-refractivity contribution is 5.95. The highest BCUT2D eigenvalue weighted by Crippen LogP contribution is 2.30. The highest BCUT2D eigenvalue weighted by atomic mass is 19.1. The first kappa shape index (κ1) is 34.0. The topological polar surface area (TPSA) is 87.0 Å². The van der Waals surface area contributed by atoms with E-state index in [-0.39, 0.29) is 39.7 Å². The summed E-state index contributed by atoms with van der Waals surface area (Å²) in [5.74, 6) is -2.86. The fourth-order valence-corrected chi connectivity index (χ4v) is 3.29. The van der Waals surface area contributed by atoms with E-state index in [0.717, 1.165) is 17.7 Å². The lowest BCUT2D eigenvalue weighted by Crippen LogP contribution is -2.09. The summed E-state index contributed by atoms with van der Waals surface area (Å²) in [7, 11) is 1.00. The summed E-state index contributed by atoms with van der Waals surface area (Å²) in [5.41, 5.74) is 1.40. The van der Waals surface area contributed by atoms with E-state index >= 15 is 0 Å². The van der Waals surface area contributed by atoms with Gasteiger partial charge in [0.05, 0.1) is 14.4 Å². The Bertz CT molecular complexity index is 1450. The minimum atomic E-state index is -0.930. The molecule has 0 spiro atoms. The van der Waals surface area contributed by atoms with Crippen molar-refractivity contribution in [3.05, 3.63) is 120 Å². The molecule has 0 fully saturated rings. The maximum absolute atomic E-state index is 14.2. The summed E-state index contributed by atoms with van der Waals surface area (Å²) in [5, 5.41) is 29.5. The zero-order chi connectivity index (χ0) is 30.9. The number of aromatic hydroxyl groups is 3. The minimum Gasteiger partial charge on any atom is -0.508 e. The fraction of sp³-hybridized carbons (Fsp3) is 0.0938. The number of allylic oxidation sites excluding steroid dienone is 1. The van der Waals surface area contributed by atoms with Crippen LogP contribution in [0.3, 0.4) is 0 Å². The molecule has 0 atom stereocenters. The van der Waals surface area contributed by atoms with Gasteiger partial charge < -0.3 is 20.1 Å². The van der Waals surface area contributed by atoms with Crippen molar-refractivity contribution in [3.63, 3.8) is 0 Å². The van der Waals surface area contributed by atoms with Crippen LogP contribution in [0.1, 0.15) is 28.4 Å². The van der Waals surface area contributed by atoms with Crippen molar-refractivity contribution in [3.8, 4) is 34.1 Å². The van der Waals surface area contributed by atoms with Gasteiger partial charge in [0, 0.05) is 17.7 Å². The number of ether oxygens (including phenoxy) is 1. The third-order valence-corrected chi connectivity index (χ3v) is 4.94. The van der Waals surface area contributed by atoms with E-state index in [0.29, 0.717) is 19.9 Å². The van der Waals surface area contributed by atoms with E-state index in [9.17, 15) is 37.7 Å². The van der Waals surface area contributed by atoms with E-state index in [1.54, 1.807) is 30.4 Å². The van der Waals surface area contributed by atoms with Crippen LogP contribution in [-0.2, 0) is 0 Å². The van der Waals surface area contributed by atoms with Gasteiger partial charge in [-0.05, 0) is 72.1 Å².